The molecule has 2 rings (SSSR count). The van der Waals surface area contributed by atoms with E-state index >= 15 is 0 Å². The van der Waals surface area contributed by atoms with Gasteiger partial charge < -0.3 is 0 Å². The Morgan fingerprint density at radius 2 is 1.87 bits per heavy atom. The Bertz CT molecular complexity index is 500. The minimum Gasteiger partial charge on any atom is -0.223 e. The van der Waals surface area contributed by atoms with E-state index in [1.807, 2.05) is 19.1 Å². The number of benzene rings is 1. The van der Waals surface area contributed by atoms with E-state index in [-0.39, 0.29) is 5.25 Å². The average molecular weight is 287 g/mol. The first-order valence-electron chi connectivity index (χ1n) is 4.63. The molecular weight excluding hydrogens is 276 g/mol. The lowest BCUT2D eigenvalue weighted by atomic mass is 10.2. The summed E-state index contributed by atoms with van der Waals surface area (Å²) in [4.78, 5) is 0.408. The standard InChI is InChI=1S/C11H11BrO2S/c1-8-2-4-10(5-3-8)15(13,14)11-6-9(11)7-12/h2-6,11H,7H2,1H3/t11-/m0/s1. The van der Waals surface area contributed by atoms with Crippen molar-refractivity contribution >= 4 is 25.8 Å². The van der Waals surface area contributed by atoms with Gasteiger partial charge in [0, 0.05) is 5.33 Å². The molecule has 2 nitrogen and oxygen atoms in total. The molecule has 0 unspecified atom stereocenters. The summed E-state index contributed by atoms with van der Waals surface area (Å²) in [6.45, 7) is 1.94. The number of sulfone groups is 1. The Hall–Kier alpha value is -0.610. The quantitative estimate of drug-likeness (QED) is 0.632. The Labute approximate surface area is 98.1 Å². The molecule has 1 aromatic rings. The van der Waals surface area contributed by atoms with Crippen molar-refractivity contribution in [2.45, 2.75) is 17.1 Å². The minimum absolute atomic E-state index is 0.375. The molecule has 0 amide bonds. The van der Waals surface area contributed by atoms with Crippen molar-refractivity contribution < 1.29 is 8.42 Å². The maximum Gasteiger partial charge on any atom is 0.188 e. The Balaban J connectivity index is 2.28. The van der Waals surface area contributed by atoms with Gasteiger partial charge in [0.2, 0.25) is 0 Å². The monoisotopic (exact) mass is 286 g/mol. The van der Waals surface area contributed by atoms with Gasteiger partial charge in [-0.15, -0.1) is 0 Å². The summed E-state index contributed by atoms with van der Waals surface area (Å²) in [5, 5.41) is 0.266. The molecule has 0 saturated carbocycles. The molecule has 0 heterocycles. The Morgan fingerprint density at radius 1 is 1.27 bits per heavy atom. The molecule has 1 aliphatic rings. The number of aryl methyl sites for hydroxylation is 1. The maximum absolute atomic E-state index is 12.0. The number of alkyl halides is 1. The van der Waals surface area contributed by atoms with E-state index in [0.717, 1.165) is 11.1 Å². The second-order valence-electron chi connectivity index (χ2n) is 3.65. The fraction of sp³-hybridized carbons (Fsp3) is 0.273. The maximum atomic E-state index is 12.0. The van der Waals surface area contributed by atoms with Crippen LogP contribution in [0.15, 0.2) is 40.8 Å². The summed E-state index contributed by atoms with van der Waals surface area (Å²) >= 11 is 3.26. The van der Waals surface area contributed by atoms with Crippen LogP contribution in [0.5, 0.6) is 0 Å². The van der Waals surface area contributed by atoms with Gasteiger partial charge in [0.15, 0.2) is 9.84 Å². The zero-order valence-corrected chi connectivity index (χ0v) is 10.7. The van der Waals surface area contributed by atoms with Gasteiger partial charge in [0.1, 0.15) is 5.25 Å². The number of rotatable bonds is 3. The summed E-state index contributed by atoms with van der Waals surface area (Å²) in [5.74, 6) is 0. The van der Waals surface area contributed by atoms with E-state index in [4.69, 9.17) is 0 Å². The average Bonchev–Trinajstić information content (AvgIpc) is 2.98. The van der Waals surface area contributed by atoms with E-state index in [9.17, 15) is 8.42 Å². The van der Waals surface area contributed by atoms with Crippen LogP contribution in [-0.2, 0) is 9.84 Å². The molecule has 1 aromatic carbocycles. The zero-order valence-electron chi connectivity index (χ0n) is 8.27. The molecule has 0 radical (unpaired) electrons. The molecule has 0 fully saturated rings. The van der Waals surface area contributed by atoms with Crippen LogP contribution in [0.4, 0.5) is 0 Å². The third kappa shape index (κ3) is 2.01. The van der Waals surface area contributed by atoms with Crippen LogP contribution in [0.25, 0.3) is 0 Å². The molecule has 0 N–H and O–H groups in total. The van der Waals surface area contributed by atoms with Crippen molar-refractivity contribution in [3.63, 3.8) is 0 Å². The normalized spacial score (nSPS) is 19.9. The first kappa shape index (κ1) is 10.9. The molecule has 0 aromatic heterocycles. The molecule has 15 heavy (non-hydrogen) atoms. The minimum atomic E-state index is -3.17. The molecule has 1 atom stereocenters. The van der Waals surface area contributed by atoms with Gasteiger partial charge in [-0.05, 0) is 24.6 Å². The fourth-order valence-electron chi connectivity index (χ4n) is 1.43. The summed E-state index contributed by atoms with van der Waals surface area (Å²) < 4.78 is 24.0. The number of hydrogen-bond donors (Lipinski definition) is 0. The van der Waals surface area contributed by atoms with E-state index < -0.39 is 9.84 Å². The highest BCUT2D eigenvalue weighted by molar-refractivity contribution is 9.09. The molecule has 1 aliphatic carbocycles. The van der Waals surface area contributed by atoms with Crippen LogP contribution in [0.3, 0.4) is 0 Å². The number of halogens is 1. The van der Waals surface area contributed by atoms with Crippen LogP contribution < -0.4 is 0 Å². The van der Waals surface area contributed by atoms with E-state index in [1.165, 1.54) is 0 Å². The lowest BCUT2D eigenvalue weighted by molar-refractivity contribution is 0.596. The van der Waals surface area contributed by atoms with Gasteiger partial charge in [-0.25, -0.2) is 8.42 Å². The summed E-state index contributed by atoms with van der Waals surface area (Å²) in [5.41, 5.74) is 2.02. The van der Waals surface area contributed by atoms with Crippen molar-refractivity contribution in [1.29, 1.82) is 0 Å². The van der Waals surface area contributed by atoms with Crippen LogP contribution in [-0.4, -0.2) is 19.0 Å². The smallest absolute Gasteiger partial charge is 0.188 e. The molecule has 0 saturated heterocycles. The topological polar surface area (TPSA) is 34.1 Å². The van der Waals surface area contributed by atoms with Crippen LogP contribution in [0.1, 0.15) is 5.56 Å². The van der Waals surface area contributed by atoms with Crippen molar-refractivity contribution in [3.05, 3.63) is 41.5 Å². The fourth-order valence-corrected chi connectivity index (χ4v) is 3.82. The summed E-state index contributed by atoms with van der Waals surface area (Å²) in [7, 11) is -3.17. The van der Waals surface area contributed by atoms with Crippen molar-refractivity contribution in [1.82, 2.24) is 0 Å². The van der Waals surface area contributed by atoms with E-state index in [1.54, 1.807) is 18.2 Å². The largest absolute Gasteiger partial charge is 0.223 e. The Kier molecular flexibility index (Phi) is 2.73. The molecule has 4 heteroatoms. The first-order chi connectivity index (χ1) is 7.05. The summed E-state index contributed by atoms with van der Waals surface area (Å²) in [6, 6.07) is 6.98. The lowest BCUT2D eigenvalue weighted by Gasteiger charge is -2.04. The van der Waals surface area contributed by atoms with Gasteiger partial charge in [0.25, 0.3) is 0 Å². The van der Waals surface area contributed by atoms with Crippen LogP contribution >= 0.6 is 15.9 Å². The molecular formula is C11H11BrO2S. The SMILES string of the molecule is Cc1ccc(S(=O)(=O)[C@H]2C=C2CBr)cc1. The molecule has 0 aliphatic heterocycles. The van der Waals surface area contributed by atoms with Gasteiger partial charge in [-0.1, -0.05) is 39.7 Å². The van der Waals surface area contributed by atoms with Crippen molar-refractivity contribution in [2.75, 3.05) is 5.33 Å². The Morgan fingerprint density at radius 3 is 2.33 bits per heavy atom. The van der Waals surface area contributed by atoms with E-state index in [2.05, 4.69) is 15.9 Å². The second kappa shape index (κ2) is 3.76. The molecule has 80 valence electrons. The van der Waals surface area contributed by atoms with Gasteiger partial charge in [0.05, 0.1) is 4.90 Å². The third-order valence-corrected chi connectivity index (χ3v) is 5.14. The van der Waals surface area contributed by atoms with Crippen LogP contribution in [0.2, 0.25) is 0 Å². The van der Waals surface area contributed by atoms with Gasteiger partial charge in [-0.2, -0.15) is 0 Å². The van der Waals surface area contributed by atoms with Gasteiger partial charge >= 0.3 is 0 Å². The highest BCUT2D eigenvalue weighted by atomic mass is 79.9. The number of hydrogen-bond acceptors (Lipinski definition) is 2. The van der Waals surface area contributed by atoms with Crippen molar-refractivity contribution in [3.8, 4) is 0 Å². The highest BCUT2D eigenvalue weighted by Crippen LogP contribution is 2.33. The third-order valence-electron chi connectivity index (χ3n) is 2.46. The zero-order chi connectivity index (χ0) is 11.1. The molecule has 0 bridgehead atoms. The van der Waals surface area contributed by atoms with Crippen LogP contribution in [0, 0.1) is 6.92 Å². The lowest BCUT2D eigenvalue weighted by Crippen LogP contribution is -2.10. The predicted octanol–water partition coefficient (Wildman–Crippen LogP) is 2.47. The first-order valence-corrected chi connectivity index (χ1v) is 7.29. The van der Waals surface area contributed by atoms with Gasteiger partial charge in [-0.3, -0.25) is 0 Å². The van der Waals surface area contributed by atoms with Crippen molar-refractivity contribution in [2.24, 2.45) is 0 Å². The predicted molar refractivity (Wildman–Crippen MR) is 64.0 cm³/mol. The summed E-state index contributed by atoms with van der Waals surface area (Å²) in [6.07, 6.45) is 1.78. The highest BCUT2D eigenvalue weighted by Gasteiger charge is 2.37. The second-order valence-corrected chi connectivity index (χ2v) is 6.28. The van der Waals surface area contributed by atoms with E-state index in [0.29, 0.717) is 10.2 Å². The molecule has 0 spiro atoms.